The molecule has 3 N–H and O–H groups in total. The van der Waals surface area contributed by atoms with Crippen molar-refractivity contribution >= 4 is 16.0 Å². The van der Waals surface area contributed by atoms with Gasteiger partial charge < -0.3 is 10.2 Å². The van der Waals surface area contributed by atoms with Crippen LogP contribution in [0.4, 0.5) is 0 Å². The Morgan fingerprint density at radius 2 is 1.90 bits per heavy atom. The van der Waals surface area contributed by atoms with E-state index in [0.717, 1.165) is 5.56 Å². The van der Waals surface area contributed by atoms with Crippen LogP contribution in [0.3, 0.4) is 0 Å². The number of carboxylic acid groups (broad SMARTS) is 1. The van der Waals surface area contributed by atoms with Gasteiger partial charge in [-0.25, -0.2) is 17.9 Å². The van der Waals surface area contributed by atoms with Crippen LogP contribution in [0.1, 0.15) is 31.9 Å². The van der Waals surface area contributed by atoms with Crippen LogP contribution < -0.4 is 4.72 Å². The second-order valence-corrected chi connectivity index (χ2v) is 7.67. The first kappa shape index (κ1) is 17.6. The highest BCUT2D eigenvalue weighted by atomic mass is 32.2. The van der Waals surface area contributed by atoms with Crippen molar-refractivity contribution in [2.75, 3.05) is 6.54 Å². The molecular weight excluding hydrogens is 294 g/mol. The van der Waals surface area contributed by atoms with Crippen LogP contribution in [-0.2, 0) is 20.2 Å². The van der Waals surface area contributed by atoms with Crippen molar-refractivity contribution in [1.29, 1.82) is 0 Å². The van der Waals surface area contributed by atoms with E-state index in [9.17, 15) is 13.2 Å². The lowest BCUT2D eigenvalue weighted by Gasteiger charge is -2.21. The van der Waals surface area contributed by atoms with Crippen molar-refractivity contribution in [3.8, 4) is 0 Å². The largest absolute Gasteiger partial charge is 0.479 e. The van der Waals surface area contributed by atoms with Crippen molar-refractivity contribution in [3.05, 3.63) is 29.3 Å². The van der Waals surface area contributed by atoms with E-state index in [1.807, 2.05) is 26.8 Å². The molecule has 0 heterocycles. The smallest absolute Gasteiger partial charge is 0.333 e. The first-order valence-electron chi connectivity index (χ1n) is 6.47. The lowest BCUT2D eigenvalue weighted by atomic mass is 9.87. The topological polar surface area (TPSA) is 104 Å². The summed E-state index contributed by atoms with van der Waals surface area (Å²) in [5, 5.41) is 17.7. The van der Waals surface area contributed by atoms with Gasteiger partial charge >= 0.3 is 5.97 Å². The first-order chi connectivity index (χ1) is 9.45. The van der Waals surface area contributed by atoms with Gasteiger partial charge in [-0.1, -0.05) is 32.9 Å². The molecule has 1 unspecified atom stereocenters. The van der Waals surface area contributed by atoms with Gasteiger partial charge in [-0.15, -0.1) is 0 Å². The Balaban J connectivity index is 3.11. The van der Waals surface area contributed by atoms with Crippen LogP contribution in [0.2, 0.25) is 0 Å². The predicted octanol–water partition coefficient (Wildman–Crippen LogP) is 1.02. The van der Waals surface area contributed by atoms with Crippen LogP contribution in [-0.4, -0.2) is 37.2 Å². The second kappa shape index (κ2) is 6.13. The molecule has 0 spiro atoms. The summed E-state index contributed by atoms with van der Waals surface area (Å²) in [4.78, 5) is 10.6. The molecule has 0 radical (unpaired) electrons. The van der Waals surface area contributed by atoms with Crippen molar-refractivity contribution in [2.24, 2.45) is 0 Å². The van der Waals surface area contributed by atoms with Gasteiger partial charge in [0.1, 0.15) is 0 Å². The van der Waals surface area contributed by atoms with Crippen LogP contribution in [0, 0.1) is 6.92 Å². The zero-order chi connectivity index (χ0) is 16.4. The lowest BCUT2D eigenvalue weighted by molar-refractivity contribution is -0.146. The maximum absolute atomic E-state index is 12.2. The number of carboxylic acids is 1. The normalized spacial score (nSPS) is 14.0. The SMILES string of the molecule is Cc1ccc(C(C)(C)C)cc1S(=O)(=O)NCC(O)C(=O)O. The van der Waals surface area contributed by atoms with Gasteiger partial charge in [0.05, 0.1) is 4.90 Å². The van der Waals surface area contributed by atoms with E-state index in [0.29, 0.717) is 5.56 Å². The highest BCUT2D eigenvalue weighted by Gasteiger charge is 2.23. The van der Waals surface area contributed by atoms with E-state index in [1.165, 1.54) is 0 Å². The molecular formula is C14H21NO5S. The molecule has 21 heavy (non-hydrogen) atoms. The van der Waals surface area contributed by atoms with Crippen molar-refractivity contribution in [1.82, 2.24) is 4.72 Å². The number of rotatable bonds is 5. The standard InChI is InChI=1S/C14H21NO5S/c1-9-5-6-10(14(2,3)4)7-12(9)21(19,20)15-8-11(16)13(17)18/h5-7,11,15-16H,8H2,1-4H3,(H,17,18). The number of carbonyl (C=O) groups is 1. The Kier molecular flexibility index (Phi) is 5.14. The molecule has 118 valence electrons. The fourth-order valence-electron chi connectivity index (χ4n) is 1.71. The van der Waals surface area contributed by atoms with Gasteiger partial charge in [-0.05, 0) is 29.5 Å². The van der Waals surface area contributed by atoms with Gasteiger partial charge in [0, 0.05) is 6.54 Å². The predicted molar refractivity (Wildman–Crippen MR) is 78.7 cm³/mol. The van der Waals surface area contributed by atoms with Crippen LogP contribution >= 0.6 is 0 Å². The minimum absolute atomic E-state index is 0.0903. The molecule has 0 aliphatic heterocycles. The van der Waals surface area contributed by atoms with Crippen LogP contribution in [0.25, 0.3) is 0 Å². The van der Waals surface area contributed by atoms with Crippen molar-refractivity contribution < 1.29 is 23.4 Å². The highest BCUT2D eigenvalue weighted by Crippen LogP contribution is 2.26. The van der Waals surface area contributed by atoms with E-state index in [-0.39, 0.29) is 10.3 Å². The maximum Gasteiger partial charge on any atom is 0.333 e. The summed E-state index contributed by atoms with van der Waals surface area (Å²) in [7, 11) is -3.88. The minimum Gasteiger partial charge on any atom is -0.479 e. The maximum atomic E-state index is 12.2. The fourth-order valence-corrected chi connectivity index (χ4v) is 3.02. The van der Waals surface area contributed by atoms with Gasteiger partial charge in [0.15, 0.2) is 6.10 Å². The number of nitrogens with one attached hydrogen (secondary N) is 1. The van der Waals surface area contributed by atoms with Gasteiger partial charge in [0.2, 0.25) is 10.0 Å². The minimum atomic E-state index is -3.88. The molecule has 7 heteroatoms. The first-order valence-corrected chi connectivity index (χ1v) is 7.95. The Morgan fingerprint density at radius 3 is 2.38 bits per heavy atom. The van der Waals surface area contributed by atoms with E-state index < -0.39 is 28.6 Å². The lowest BCUT2D eigenvalue weighted by Crippen LogP contribution is -2.36. The average Bonchev–Trinajstić information content (AvgIpc) is 2.34. The summed E-state index contributed by atoms with van der Waals surface area (Å²) in [5.41, 5.74) is 1.20. The Bertz CT molecular complexity index is 631. The number of aliphatic hydroxyl groups is 1. The summed E-state index contributed by atoms with van der Waals surface area (Å²) in [6.07, 6.45) is -1.77. The van der Waals surface area contributed by atoms with Crippen molar-refractivity contribution in [2.45, 2.75) is 44.1 Å². The number of hydrogen-bond donors (Lipinski definition) is 3. The molecule has 6 nitrogen and oxygen atoms in total. The number of hydrogen-bond acceptors (Lipinski definition) is 4. The van der Waals surface area contributed by atoms with E-state index in [2.05, 4.69) is 4.72 Å². The molecule has 1 aromatic rings. The number of aliphatic hydroxyl groups excluding tert-OH is 1. The summed E-state index contributed by atoms with van der Waals surface area (Å²) >= 11 is 0. The van der Waals surface area contributed by atoms with Gasteiger partial charge in [-0.3, -0.25) is 0 Å². The van der Waals surface area contributed by atoms with E-state index >= 15 is 0 Å². The van der Waals surface area contributed by atoms with E-state index in [4.69, 9.17) is 10.2 Å². The third kappa shape index (κ3) is 4.52. The number of sulfonamides is 1. The highest BCUT2D eigenvalue weighted by molar-refractivity contribution is 7.89. The monoisotopic (exact) mass is 315 g/mol. The molecule has 0 amide bonds. The van der Waals surface area contributed by atoms with Crippen LogP contribution in [0.5, 0.6) is 0 Å². The third-order valence-electron chi connectivity index (χ3n) is 3.10. The molecule has 0 aromatic heterocycles. The quantitative estimate of drug-likeness (QED) is 0.752. The van der Waals surface area contributed by atoms with Crippen molar-refractivity contribution in [3.63, 3.8) is 0 Å². The Hall–Kier alpha value is -1.44. The van der Waals surface area contributed by atoms with E-state index in [1.54, 1.807) is 19.1 Å². The Labute approximate surface area is 124 Å². The molecule has 1 atom stereocenters. The molecule has 1 aromatic carbocycles. The summed E-state index contributed by atoms with van der Waals surface area (Å²) in [6.45, 7) is 6.99. The molecule has 0 saturated heterocycles. The molecule has 0 bridgehead atoms. The molecule has 1 rings (SSSR count). The third-order valence-corrected chi connectivity index (χ3v) is 4.66. The number of aryl methyl sites for hydroxylation is 1. The number of benzene rings is 1. The Morgan fingerprint density at radius 1 is 1.33 bits per heavy atom. The number of aliphatic carboxylic acids is 1. The summed E-state index contributed by atoms with van der Waals surface area (Å²) < 4.78 is 26.6. The zero-order valence-corrected chi connectivity index (χ0v) is 13.4. The molecule has 0 aliphatic carbocycles. The average molecular weight is 315 g/mol. The van der Waals surface area contributed by atoms with Crippen LogP contribution in [0.15, 0.2) is 23.1 Å². The van der Waals surface area contributed by atoms with Gasteiger partial charge in [-0.2, -0.15) is 0 Å². The fraction of sp³-hybridized carbons (Fsp3) is 0.500. The van der Waals surface area contributed by atoms with Gasteiger partial charge in [0.25, 0.3) is 0 Å². The molecule has 0 saturated carbocycles. The summed E-state index contributed by atoms with van der Waals surface area (Å²) in [5.74, 6) is -1.47. The molecule has 0 fully saturated rings. The zero-order valence-electron chi connectivity index (χ0n) is 12.5. The summed E-state index contributed by atoms with van der Waals surface area (Å²) in [6, 6.07) is 5.15. The molecule has 0 aliphatic rings. The second-order valence-electron chi connectivity index (χ2n) is 5.94.